The molecule has 0 aromatic heterocycles. The van der Waals surface area contributed by atoms with Crippen LogP contribution in [0.4, 0.5) is 50.7 Å². The van der Waals surface area contributed by atoms with E-state index in [-0.39, 0.29) is 83.0 Å². The average Bonchev–Trinajstić information content (AvgIpc) is 1.80. The van der Waals surface area contributed by atoms with Crippen molar-refractivity contribution in [3.05, 3.63) is 338 Å². The number of fused-ring (bicyclic) bond motifs is 4. The molecule has 46 heteroatoms. The molecule has 4 atom stereocenters. The summed E-state index contributed by atoms with van der Waals surface area (Å²) >= 11 is 15.5. The van der Waals surface area contributed by atoms with Crippen LogP contribution < -0.4 is 102 Å². The SMILES string of the molecule is C=CCOc1ccc(C[C@H](NC(=O)NS(=O)(=O)c2ccccc2C)C(=O)N(C)c2ccc3c(c2)OCO3)cc1.Cc1ccccc1S(=O)(=O)NC(=O)N[C@@H](Cc1ccc(Br)cc1)C(=O)N(C)c1ccc2c(c1)OCO2.Cc1ccccc1S(=O)(=O)NC(=O)N[C@@H](Cc1ccc(Cl)c(Cl)c1)C(=O)N(C)c1ccc2c(c1)OCO2.Cc1ccccc1S(=O)(=O)NC(=O)N[C@@H](Cc1ccc(F)c(F)c1)C(=O)N(C)c1ccc2c(c1)OCO2. The van der Waals surface area contributed by atoms with Gasteiger partial charge in [0.05, 0.1) is 29.6 Å². The number of halogens is 5. The van der Waals surface area contributed by atoms with E-state index in [4.69, 9.17) is 65.8 Å². The quantitative estimate of drug-likeness (QED) is 0.0187. The predicted molar refractivity (Wildman–Crippen MR) is 553 cm³/mol. The molecule has 37 nitrogen and oxygen atoms in total. The van der Waals surface area contributed by atoms with Gasteiger partial charge >= 0.3 is 24.1 Å². The van der Waals surface area contributed by atoms with E-state index in [0.29, 0.717) is 114 Å². The van der Waals surface area contributed by atoms with Gasteiger partial charge in [-0.2, -0.15) is 0 Å². The lowest BCUT2D eigenvalue weighted by molar-refractivity contribution is -0.120. The van der Waals surface area contributed by atoms with Crippen molar-refractivity contribution in [1.82, 2.24) is 40.2 Å². The molecule has 0 saturated carbocycles. The molecule has 0 bridgehead atoms. The van der Waals surface area contributed by atoms with Gasteiger partial charge in [0.2, 0.25) is 50.8 Å². The highest BCUT2D eigenvalue weighted by molar-refractivity contribution is 9.10. The molecule has 4 aliphatic rings. The van der Waals surface area contributed by atoms with Crippen molar-refractivity contribution in [3.63, 3.8) is 0 Å². The van der Waals surface area contributed by atoms with Gasteiger partial charge < -0.3 is 83.5 Å². The largest absolute Gasteiger partial charge is 0.490 e. The van der Waals surface area contributed by atoms with Gasteiger partial charge in [0.15, 0.2) is 57.6 Å². The molecule has 0 spiro atoms. The normalized spacial score (nSPS) is 13.0. The minimum atomic E-state index is -4.25. The first-order valence-corrected chi connectivity index (χ1v) is 52.6. The lowest BCUT2D eigenvalue weighted by Gasteiger charge is -2.25. The molecule has 4 heterocycles. The number of carbonyl (C=O) groups is 8. The number of benzene rings is 12. The highest BCUT2D eigenvalue weighted by Gasteiger charge is 2.36. The van der Waals surface area contributed by atoms with Crippen molar-refractivity contribution in [1.29, 1.82) is 0 Å². The van der Waals surface area contributed by atoms with E-state index in [1.165, 1.54) is 70.1 Å². The molecule has 0 fully saturated rings. The second kappa shape index (κ2) is 49.2. The molecule has 0 saturated heterocycles. The van der Waals surface area contributed by atoms with Gasteiger partial charge in [0, 0.05) is 105 Å². The summed E-state index contributed by atoms with van der Waals surface area (Å²) in [4.78, 5) is 110. The first kappa shape index (κ1) is 110. The molecule has 16 rings (SSSR count). The second-order valence-electron chi connectivity index (χ2n) is 33.5. The molecule has 149 heavy (non-hydrogen) atoms. The Kier molecular flexibility index (Phi) is 36.5. The van der Waals surface area contributed by atoms with E-state index < -0.39 is 124 Å². The number of aryl methyl sites for hydroxylation is 4. The van der Waals surface area contributed by atoms with Gasteiger partial charge in [-0.25, -0.2) is 80.5 Å². The summed E-state index contributed by atoms with van der Waals surface area (Å²) in [7, 11) is -10.6. The monoisotopic (exact) mass is 2220 g/mol. The van der Waals surface area contributed by atoms with E-state index in [1.807, 2.05) is 43.2 Å². The Bertz CT molecular complexity index is 7350. The van der Waals surface area contributed by atoms with E-state index in [0.717, 1.165) is 27.7 Å². The Morgan fingerprint density at radius 1 is 0.342 bits per heavy atom. The Morgan fingerprint density at radius 2 is 0.604 bits per heavy atom. The molecular weight excluding hydrogens is 2120 g/mol. The zero-order chi connectivity index (χ0) is 107. The minimum Gasteiger partial charge on any atom is -0.490 e. The highest BCUT2D eigenvalue weighted by Crippen LogP contribution is 2.41. The van der Waals surface area contributed by atoms with E-state index in [2.05, 4.69) is 43.8 Å². The number of nitrogens with zero attached hydrogens (tertiary/aromatic N) is 4. The number of amides is 12. The van der Waals surface area contributed by atoms with Crippen molar-refractivity contribution in [2.45, 2.75) is 97.1 Å². The number of anilines is 4. The van der Waals surface area contributed by atoms with E-state index >= 15 is 0 Å². The molecular formula is C103H99BrCl2F2N12O25S4. The van der Waals surface area contributed by atoms with Crippen molar-refractivity contribution in [3.8, 4) is 51.7 Å². The Labute approximate surface area is 875 Å². The number of carbonyl (C=O) groups excluding carboxylic acids is 8. The van der Waals surface area contributed by atoms with Crippen LogP contribution in [0.3, 0.4) is 0 Å². The zero-order valence-corrected chi connectivity index (χ0v) is 87.1. The van der Waals surface area contributed by atoms with Crippen molar-refractivity contribution in [2.75, 3.05) is 81.6 Å². The van der Waals surface area contributed by atoms with Gasteiger partial charge in [-0.15, -0.1) is 0 Å². The van der Waals surface area contributed by atoms with Crippen LogP contribution in [-0.4, -0.2) is 168 Å². The average molecular weight is 2220 g/mol. The Balaban J connectivity index is 0.000000166. The molecule has 4 aliphatic heterocycles. The van der Waals surface area contributed by atoms with E-state index in [1.54, 1.807) is 230 Å². The van der Waals surface area contributed by atoms with Crippen LogP contribution in [0.2, 0.25) is 10.0 Å². The molecule has 780 valence electrons. The topological polar surface area (TPSA) is 465 Å². The summed E-state index contributed by atoms with van der Waals surface area (Å²) in [6, 6.07) is 58.0. The zero-order valence-electron chi connectivity index (χ0n) is 80.7. The third kappa shape index (κ3) is 29.0. The summed E-state index contributed by atoms with van der Waals surface area (Å²) < 4.78 is 187. The smallest absolute Gasteiger partial charge is 0.329 e. The number of likely N-dealkylation sites (N-methyl/N-ethyl adjacent to an activating group) is 4. The number of rotatable bonds is 31. The number of ether oxygens (including phenoxy) is 9. The fourth-order valence-electron chi connectivity index (χ4n) is 15.3. The first-order chi connectivity index (χ1) is 70.9. The van der Waals surface area contributed by atoms with Crippen LogP contribution >= 0.6 is 39.1 Å². The van der Waals surface area contributed by atoms with Crippen LogP contribution in [0.1, 0.15) is 44.5 Å². The number of hydrogen-bond acceptors (Lipinski definition) is 25. The molecule has 12 aromatic carbocycles. The van der Waals surface area contributed by atoms with Gasteiger partial charge in [-0.05, 0) is 194 Å². The molecule has 0 radical (unpaired) electrons. The Morgan fingerprint density at radius 3 is 0.886 bits per heavy atom. The van der Waals surface area contributed by atoms with Crippen molar-refractivity contribution in [2.24, 2.45) is 0 Å². The van der Waals surface area contributed by atoms with Crippen LogP contribution in [0.5, 0.6) is 51.7 Å². The van der Waals surface area contributed by atoms with Gasteiger partial charge in [0.25, 0.3) is 40.1 Å². The molecule has 8 N–H and O–H groups in total. The van der Waals surface area contributed by atoms with Crippen molar-refractivity contribution < 1.29 is 123 Å². The van der Waals surface area contributed by atoms with Crippen LogP contribution in [0, 0.1) is 39.3 Å². The summed E-state index contributed by atoms with van der Waals surface area (Å²) in [5.41, 5.74) is 6.09. The maximum Gasteiger partial charge on any atom is 0.329 e. The number of urea groups is 4. The summed E-state index contributed by atoms with van der Waals surface area (Å²) in [6.45, 7) is 10.7. The molecule has 0 aliphatic carbocycles. The third-order valence-electron chi connectivity index (χ3n) is 23.1. The standard InChI is InChI=1S/C28H29N3O7S.C25H24BrN3O6S.C25H23Cl2N3O6S.C25H23F2N3O6S/c1-4-15-36-22-12-9-20(10-13-22)16-23(27(32)31(3)21-11-14-24-25(17-21)38-18-37-24)29-28(33)30-39(34,35)26-8-6-5-7-19(26)2;1-16-5-3-4-6-23(16)36(32,33)28-25(31)27-20(13-17-7-9-18(26)10-8-17)24(30)29(2)19-11-12-21-22(14-19)35-15-34-21;2*1-15-5-3-4-6-23(15)37(33,34)29-25(32)28-20(12-16-7-9-18(26)19(27)11-16)24(31)30(2)17-8-10-21-22(13-17)36-14-35-21/h4-14,17,23H,1,15-16,18H2,2-3H3,(H2,29,30,33);3-12,14,20H,13,15H2,1-2H3,(H2,27,28,31);2*3-11,13,20H,12,14H2,1-2H3,(H2,28,29,32)/t23-;3*20-/m0000/s1. The third-order valence-corrected chi connectivity index (χ3v) is 30.3. The van der Waals surface area contributed by atoms with Crippen LogP contribution in [0.15, 0.2) is 291 Å². The predicted octanol–water partition coefficient (Wildman–Crippen LogP) is 14.9. The number of nitrogens with one attached hydrogen (secondary N) is 8. The minimum absolute atomic E-state index is 0.0163. The summed E-state index contributed by atoms with van der Waals surface area (Å²) in [5, 5.41) is 10.5. The fourth-order valence-corrected chi connectivity index (χ4v) is 20.5. The number of sulfonamides is 4. The van der Waals surface area contributed by atoms with Gasteiger partial charge in [0.1, 0.15) is 36.5 Å². The fraction of sp³-hybridized carbons (Fsp3) is 0.204. The Hall–Kier alpha value is -15.7. The summed E-state index contributed by atoms with van der Waals surface area (Å²) in [5.74, 6) is 0.451. The highest BCUT2D eigenvalue weighted by atomic mass is 79.9. The summed E-state index contributed by atoms with van der Waals surface area (Å²) in [6.07, 6.45) is 1.62. The molecule has 0 unspecified atom stereocenters. The van der Waals surface area contributed by atoms with E-state index in [9.17, 15) is 80.8 Å². The van der Waals surface area contributed by atoms with Gasteiger partial charge in [-0.3, -0.25) is 19.2 Å². The lowest BCUT2D eigenvalue weighted by atomic mass is 10.0. The number of hydrogen-bond donors (Lipinski definition) is 8. The van der Waals surface area contributed by atoms with Crippen molar-refractivity contribution >= 4 is 150 Å². The molecule has 12 aromatic rings. The maximum absolute atomic E-state index is 13.8. The molecule has 12 amide bonds. The lowest BCUT2D eigenvalue weighted by Crippen LogP contribution is -2.52. The van der Waals surface area contributed by atoms with Crippen LogP contribution in [0.25, 0.3) is 0 Å². The van der Waals surface area contributed by atoms with Gasteiger partial charge in [-0.1, -0.05) is 161 Å². The first-order valence-electron chi connectivity index (χ1n) is 45.1. The second-order valence-corrected chi connectivity index (χ2v) is 41.8. The van der Waals surface area contributed by atoms with Crippen LogP contribution in [-0.2, 0) is 85.0 Å². The maximum atomic E-state index is 13.8.